The second-order valence-electron chi connectivity index (χ2n) is 5.01. The summed E-state index contributed by atoms with van der Waals surface area (Å²) in [7, 11) is 3.08. The Morgan fingerprint density at radius 3 is 2.50 bits per heavy atom. The van der Waals surface area contributed by atoms with Crippen molar-refractivity contribution in [3.63, 3.8) is 0 Å². The van der Waals surface area contributed by atoms with Crippen LogP contribution in [-0.2, 0) is 11.2 Å². The van der Waals surface area contributed by atoms with Crippen LogP contribution >= 0.6 is 11.6 Å². The fraction of sp³-hybridized carbons (Fsp3) is 0.222. The zero-order valence-electron chi connectivity index (χ0n) is 13.6. The molecule has 0 aromatic heterocycles. The number of hydrogen-bond acceptors (Lipinski definition) is 4. The summed E-state index contributed by atoms with van der Waals surface area (Å²) >= 11 is 6.15. The van der Waals surface area contributed by atoms with Crippen LogP contribution in [0.2, 0.25) is 5.02 Å². The van der Waals surface area contributed by atoms with Crippen LogP contribution in [-0.4, -0.2) is 26.3 Å². The van der Waals surface area contributed by atoms with Crippen molar-refractivity contribution in [3.8, 4) is 11.5 Å². The highest BCUT2D eigenvalue weighted by molar-refractivity contribution is 6.33. The molecule has 1 amide bonds. The highest BCUT2D eigenvalue weighted by Crippen LogP contribution is 2.32. The summed E-state index contributed by atoms with van der Waals surface area (Å²) < 4.78 is 10.4. The van der Waals surface area contributed by atoms with Gasteiger partial charge in [-0.1, -0.05) is 41.9 Å². The van der Waals surface area contributed by atoms with E-state index in [9.17, 15) is 4.79 Å². The maximum Gasteiger partial charge on any atom is 0.240 e. The Morgan fingerprint density at radius 2 is 1.83 bits per heavy atom. The summed E-state index contributed by atoms with van der Waals surface area (Å²) in [6.45, 7) is 0. The van der Waals surface area contributed by atoms with E-state index in [0.29, 0.717) is 34.9 Å². The number of aryl methyl sites for hydroxylation is 1. The molecule has 2 aromatic rings. The van der Waals surface area contributed by atoms with Gasteiger partial charge in [-0.15, -0.1) is 0 Å². The van der Waals surface area contributed by atoms with Crippen LogP contribution in [0.3, 0.4) is 0 Å². The van der Waals surface area contributed by atoms with E-state index in [1.165, 1.54) is 20.4 Å². The van der Waals surface area contributed by atoms with E-state index in [-0.39, 0.29) is 5.91 Å². The van der Waals surface area contributed by atoms with E-state index < -0.39 is 0 Å². The first-order valence-corrected chi connectivity index (χ1v) is 7.79. The number of hydrazone groups is 1. The summed E-state index contributed by atoms with van der Waals surface area (Å²) in [5, 5.41) is 4.39. The first-order valence-electron chi connectivity index (χ1n) is 7.41. The molecule has 2 aromatic carbocycles. The first kappa shape index (κ1) is 17.8. The normalized spacial score (nSPS) is 10.6. The highest BCUT2D eigenvalue weighted by atomic mass is 35.5. The molecule has 0 aliphatic rings. The van der Waals surface area contributed by atoms with Crippen molar-refractivity contribution in [3.05, 3.63) is 58.6 Å². The van der Waals surface area contributed by atoms with Crippen LogP contribution < -0.4 is 14.9 Å². The van der Waals surface area contributed by atoms with Gasteiger partial charge >= 0.3 is 0 Å². The van der Waals surface area contributed by atoms with Crippen LogP contribution in [0.4, 0.5) is 0 Å². The molecule has 126 valence electrons. The minimum absolute atomic E-state index is 0.160. The Bertz CT molecular complexity index is 718. The molecule has 24 heavy (non-hydrogen) atoms. The number of nitrogens with one attached hydrogen (secondary N) is 1. The summed E-state index contributed by atoms with van der Waals surface area (Å²) in [6.07, 6.45) is 2.50. The smallest absolute Gasteiger partial charge is 0.240 e. The molecule has 0 aliphatic carbocycles. The van der Waals surface area contributed by atoms with Crippen molar-refractivity contribution >= 4 is 23.7 Å². The van der Waals surface area contributed by atoms with E-state index >= 15 is 0 Å². The van der Waals surface area contributed by atoms with Gasteiger partial charge in [0.15, 0.2) is 11.5 Å². The lowest BCUT2D eigenvalue weighted by atomic mass is 10.1. The summed E-state index contributed by atoms with van der Waals surface area (Å²) in [5.41, 5.74) is 4.23. The number of carbonyl (C=O) groups is 1. The predicted molar refractivity (Wildman–Crippen MR) is 95.1 cm³/mol. The first-order chi connectivity index (χ1) is 11.6. The number of rotatable bonds is 7. The third kappa shape index (κ3) is 4.99. The summed E-state index contributed by atoms with van der Waals surface area (Å²) in [5.74, 6) is 0.914. The molecular weight excluding hydrogens is 328 g/mol. The monoisotopic (exact) mass is 346 g/mol. The molecule has 2 rings (SSSR count). The topological polar surface area (TPSA) is 59.9 Å². The van der Waals surface area contributed by atoms with Gasteiger partial charge < -0.3 is 9.47 Å². The maximum atomic E-state index is 11.8. The largest absolute Gasteiger partial charge is 0.493 e. The van der Waals surface area contributed by atoms with E-state index in [1.54, 1.807) is 12.1 Å². The SMILES string of the molecule is COc1cc(Cl)c(/C=N/NC(=O)CCc2ccccc2)cc1OC. The molecule has 5 nitrogen and oxygen atoms in total. The van der Waals surface area contributed by atoms with Crippen LogP contribution in [0, 0.1) is 0 Å². The van der Waals surface area contributed by atoms with E-state index in [4.69, 9.17) is 21.1 Å². The zero-order chi connectivity index (χ0) is 17.4. The van der Waals surface area contributed by atoms with Crippen molar-refractivity contribution < 1.29 is 14.3 Å². The number of halogens is 1. The van der Waals surface area contributed by atoms with Gasteiger partial charge in [0.05, 0.1) is 25.5 Å². The maximum absolute atomic E-state index is 11.8. The van der Waals surface area contributed by atoms with E-state index in [2.05, 4.69) is 10.5 Å². The second-order valence-corrected chi connectivity index (χ2v) is 5.41. The highest BCUT2D eigenvalue weighted by Gasteiger charge is 2.08. The molecule has 0 spiro atoms. The van der Waals surface area contributed by atoms with Crippen LogP contribution in [0.15, 0.2) is 47.6 Å². The minimum Gasteiger partial charge on any atom is -0.493 e. The zero-order valence-corrected chi connectivity index (χ0v) is 14.3. The fourth-order valence-electron chi connectivity index (χ4n) is 2.10. The number of ether oxygens (including phenoxy) is 2. The van der Waals surface area contributed by atoms with Gasteiger partial charge in [-0.3, -0.25) is 4.79 Å². The number of carbonyl (C=O) groups excluding carboxylic acids is 1. The molecule has 0 aliphatic heterocycles. The molecule has 0 saturated heterocycles. The average Bonchev–Trinajstić information content (AvgIpc) is 2.61. The molecule has 0 atom stereocenters. The Hall–Kier alpha value is -2.53. The van der Waals surface area contributed by atoms with Crippen molar-refractivity contribution in [2.24, 2.45) is 5.10 Å². The van der Waals surface area contributed by atoms with Gasteiger partial charge in [-0.05, 0) is 18.1 Å². The number of methoxy groups -OCH3 is 2. The Labute approximate surface area is 146 Å². The molecule has 0 bridgehead atoms. The van der Waals surface area contributed by atoms with Gasteiger partial charge in [0.1, 0.15) is 0 Å². The minimum atomic E-state index is -0.160. The fourth-order valence-corrected chi connectivity index (χ4v) is 2.30. The standard InChI is InChI=1S/C18H19ClN2O3/c1-23-16-10-14(15(19)11-17(16)24-2)12-20-21-18(22)9-8-13-6-4-3-5-7-13/h3-7,10-12H,8-9H2,1-2H3,(H,21,22)/b20-12+. The van der Waals surface area contributed by atoms with Crippen molar-refractivity contribution in [2.45, 2.75) is 12.8 Å². The van der Waals surface area contributed by atoms with Gasteiger partial charge in [0, 0.05) is 18.1 Å². The number of amides is 1. The molecule has 0 unspecified atom stereocenters. The summed E-state index contributed by atoms with van der Waals surface area (Å²) in [4.78, 5) is 11.8. The Balaban J connectivity index is 1.92. The molecule has 6 heteroatoms. The van der Waals surface area contributed by atoms with Crippen LogP contribution in [0.25, 0.3) is 0 Å². The molecule has 1 N–H and O–H groups in total. The summed E-state index contributed by atoms with van der Waals surface area (Å²) in [6, 6.07) is 13.1. The Kier molecular flexibility index (Phi) is 6.63. The van der Waals surface area contributed by atoms with Gasteiger partial charge in [-0.2, -0.15) is 5.10 Å². The molecule has 0 heterocycles. The second kappa shape index (κ2) is 8.93. The van der Waals surface area contributed by atoms with Crippen LogP contribution in [0.5, 0.6) is 11.5 Å². The lowest BCUT2D eigenvalue weighted by molar-refractivity contribution is -0.121. The number of benzene rings is 2. The number of hydrogen-bond donors (Lipinski definition) is 1. The lowest BCUT2D eigenvalue weighted by Crippen LogP contribution is -2.17. The van der Waals surface area contributed by atoms with Crippen molar-refractivity contribution in [1.82, 2.24) is 5.43 Å². The van der Waals surface area contributed by atoms with Crippen molar-refractivity contribution in [2.75, 3.05) is 14.2 Å². The third-order valence-corrected chi connectivity index (χ3v) is 3.71. The molecule has 0 fully saturated rings. The van der Waals surface area contributed by atoms with Gasteiger partial charge in [-0.25, -0.2) is 5.43 Å². The average molecular weight is 347 g/mol. The van der Waals surface area contributed by atoms with E-state index in [1.807, 2.05) is 30.3 Å². The Morgan fingerprint density at radius 1 is 1.17 bits per heavy atom. The molecule has 0 radical (unpaired) electrons. The van der Waals surface area contributed by atoms with Crippen LogP contribution in [0.1, 0.15) is 17.5 Å². The lowest BCUT2D eigenvalue weighted by Gasteiger charge is -2.09. The molecule has 0 saturated carbocycles. The number of nitrogens with zero attached hydrogens (tertiary/aromatic N) is 1. The van der Waals surface area contributed by atoms with Gasteiger partial charge in [0.2, 0.25) is 5.91 Å². The van der Waals surface area contributed by atoms with Gasteiger partial charge in [0.25, 0.3) is 0 Å². The predicted octanol–water partition coefficient (Wildman–Crippen LogP) is 3.44. The quantitative estimate of drug-likeness (QED) is 0.617. The van der Waals surface area contributed by atoms with Crippen molar-refractivity contribution in [1.29, 1.82) is 0 Å². The third-order valence-electron chi connectivity index (χ3n) is 3.38. The molecular formula is C18H19ClN2O3. The van der Waals surface area contributed by atoms with E-state index in [0.717, 1.165) is 5.56 Å².